The molecule has 4 nitrogen and oxygen atoms in total. The van der Waals surface area contributed by atoms with Gasteiger partial charge in [0.25, 0.3) is 0 Å². The molecule has 0 aromatic heterocycles. The minimum atomic E-state index is -1.13. The van der Waals surface area contributed by atoms with Crippen molar-refractivity contribution in [1.82, 2.24) is 0 Å². The lowest BCUT2D eigenvalue weighted by Gasteiger charge is -2.14. The Bertz CT molecular complexity index is 403. The topological polar surface area (TPSA) is 66.8 Å². The summed E-state index contributed by atoms with van der Waals surface area (Å²) in [6.45, 7) is 3.16. The number of aliphatic hydroxyl groups excluding tert-OH is 1. The maximum Gasteiger partial charge on any atom is 0.344 e. The number of carboxylic acids is 1. The Morgan fingerprint density at radius 2 is 2.18 bits per heavy atom. The van der Waals surface area contributed by atoms with E-state index >= 15 is 0 Å². The molecule has 0 fully saturated rings. The van der Waals surface area contributed by atoms with E-state index in [2.05, 4.69) is 0 Å². The van der Waals surface area contributed by atoms with Crippen LogP contribution in [0.4, 0.5) is 4.39 Å². The Kier molecular flexibility index (Phi) is 4.45. The van der Waals surface area contributed by atoms with E-state index in [1.807, 2.05) is 0 Å². The first-order valence-corrected chi connectivity index (χ1v) is 5.32. The molecule has 0 heterocycles. The molecule has 17 heavy (non-hydrogen) atoms. The molecule has 1 aromatic carbocycles. The van der Waals surface area contributed by atoms with Crippen LogP contribution in [0.25, 0.3) is 0 Å². The molecule has 2 atom stereocenters. The number of benzene rings is 1. The van der Waals surface area contributed by atoms with Crippen LogP contribution in [-0.4, -0.2) is 22.3 Å². The van der Waals surface area contributed by atoms with Gasteiger partial charge in [-0.05, 0) is 31.0 Å². The van der Waals surface area contributed by atoms with E-state index in [9.17, 15) is 14.3 Å². The predicted octanol–water partition coefficient (Wildman–Crippen LogP) is 2.12. The van der Waals surface area contributed by atoms with Crippen LogP contribution in [-0.2, 0) is 4.79 Å². The van der Waals surface area contributed by atoms with Crippen LogP contribution >= 0.6 is 0 Å². The summed E-state index contributed by atoms with van der Waals surface area (Å²) >= 11 is 0. The Balaban J connectivity index is 2.89. The van der Waals surface area contributed by atoms with Gasteiger partial charge in [-0.3, -0.25) is 0 Å². The van der Waals surface area contributed by atoms with Crippen LogP contribution in [0.15, 0.2) is 18.2 Å². The second-order valence-corrected chi connectivity index (χ2v) is 3.72. The number of aliphatic carboxylic acids is 1. The summed E-state index contributed by atoms with van der Waals surface area (Å²) in [6.07, 6.45) is -1.60. The van der Waals surface area contributed by atoms with E-state index in [0.717, 1.165) is 6.07 Å². The van der Waals surface area contributed by atoms with Crippen molar-refractivity contribution in [2.45, 2.75) is 32.5 Å². The van der Waals surface area contributed by atoms with Gasteiger partial charge in [0, 0.05) is 0 Å². The van der Waals surface area contributed by atoms with Crippen LogP contribution in [0.3, 0.4) is 0 Å². The molecule has 0 saturated heterocycles. The SMILES string of the molecule is CCC(Oc1ccc([C@@H](C)O)cc1F)C(=O)O. The monoisotopic (exact) mass is 242 g/mol. The zero-order valence-electron chi connectivity index (χ0n) is 9.68. The molecule has 0 saturated carbocycles. The first kappa shape index (κ1) is 13.4. The molecule has 1 rings (SSSR count). The third kappa shape index (κ3) is 3.42. The zero-order valence-corrected chi connectivity index (χ0v) is 9.68. The Morgan fingerprint density at radius 1 is 1.53 bits per heavy atom. The van der Waals surface area contributed by atoms with Gasteiger partial charge >= 0.3 is 5.97 Å². The fraction of sp³-hybridized carbons (Fsp3) is 0.417. The highest BCUT2D eigenvalue weighted by Crippen LogP contribution is 2.23. The van der Waals surface area contributed by atoms with Gasteiger partial charge < -0.3 is 14.9 Å². The molecule has 0 amide bonds. The van der Waals surface area contributed by atoms with Gasteiger partial charge in [-0.15, -0.1) is 0 Å². The molecule has 2 N–H and O–H groups in total. The average Bonchev–Trinajstić information content (AvgIpc) is 2.26. The van der Waals surface area contributed by atoms with Crippen molar-refractivity contribution in [1.29, 1.82) is 0 Å². The van der Waals surface area contributed by atoms with Crippen LogP contribution in [0.2, 0.25) is 0 Å². The maximum absolute atomic E-state index is 13.5. The Morgan fingerprint density at radius 3 is 2.59 bits per heavy atom. The molecular formula is C12H15FO4. The molecule has 5 heteroatoms. The highest BCUT2D eigenvalue weighted by atomic mass is 19.1. The number of hydrogen-bond donors (Lipinski definition) is 2. The van der Waals surface area contributed by atoms with Gasteiger partial charge in [-0.2, -0.15) is 0 Å². The molecule has 94 valence electrons. The Hall–Kier alpha value is -1.62. The van der Waals surface area contributed by atoms with Gasteiger partial charge in [-0.1, -0.05) is 13.0 Å². The van der Waals surface area contributed by atoms with Crippen molar-refractivity contribution >= 4 is 5.97 Å². The van der Waals surface area contributed by atoms with Crippen molar-refractivity contribution in [3.63, 3.8) is 0 Å². The zero-order chi connectivity index (χ0) is 13.0. The van der Waals surface area contributed by atoms with Gasteiger partial charge in [0.15, 0.2) is 17.7 Å². The highest BCUT2D eigenvalue weighted by molar-refractivity contribution is 5.72. The second kappa shape index (κ2) is 5.63. The molecule has 1 aromatic rings. The van der Waals surface area contributed by atoms with E-state index in [0.29, 0.717) is 5.56 Å². The lowest BCUT2D eigenvalue weighted by Crippen LogP contribution is -2.26. The Labute approximate surface area is 98.7 Å². The largest absolute Gasteiger partial charge is 0.479 e. The number of halogens is 1. The number of carboxylic acid groups (broad SMARTS) is 1. The van der Waals surface area contributed by atoms with Crippen molar-refractivity contribution < 1.29 is 24.1 Å². The van der Waals surface area contributed by atoms with E-state index in [1.165, 1.54) is 19.1 Å². The van der Waals surface area contributed by atoms with Gasteiger partial charge in [0.2, 0.25) is 0 Å². The minimum absolute atomic E-state index is 0.122. The summed E-state index contributed by atoms with van der Waals surface area (Å²) < 4.78 is 18.6. The molecule has 0 radical (unpaired) electrons. The van der Waals surface area contributed by atoms with Crippen LogP contribution in [0, 0.1) is 5.82 Å². The molecule has 0 aliphatic rings. The predicted molar refractivity (Wildman–Crippen MR) is 59.4 cm³/mol. The number of ether oxygens (including phenoxy) is 1. The second-order valence-electron chi connectivity index (χ2n) is 3.72. The van der Waals surface area contributed by atoms with Crippen LogP contribution in [0.5, 0.6) is 5.75 Å². The lowest BCUT2D eigenvalue weighted by molar-refractivity contribution is -0.145. The van der Waals surface area contributed by atoms with Crippen molar-refractivity contribution in [3.05, 3.63) is 29.6 Å². The number of carbonyl (C=O) groups is 1. The molecule has 0 spiro atoms. The van der Waals surface area contributed by atoms with E-state index in [-0.39, 0.29) is 12.2 Å². The van der Waals surface area contributed by atoms with Gasteiger partial charge in [0.05, 0.1) is 6.10 Å². The quantitative estimate of drug-likeness (QED) is 0.830. The van der Waals surface area contributed by atoms with Gasteiger partial charge in [0.1, 0.15) is 0 Å². The summed E-state index contributed by atoms with van der Waals surface area (Å²) in [5, 5.41) is 18.0. The molecule has 0 aliphatic carbocycles. The van der Waals surface area contributed by atoms with E-state index < -0.39 is 24.0 Å². The minimum Gasteiger partial charge on any atom is -0.479 e. The van der Waals surface area contributed by atoms with Crippen molar-refractivity contribution in [2.24, 2.45) is 0 Å². The summed E-state index contributed by atoms with van der Waals surface area (Å²) in [4.78, 5) is 10.7. The fourth-order valence-electron chi connectivity index (χ4n) is 1.33. The van der Waals surface area contributed by atoms with Crippen molar-refractivity contribution in [2.75, 3.05) is 0 Å². The number of rotatable bonds is 5. The molecule has 1 unspecified atom stereocenters. The first-order valence-electron chi connectivity index (χ1n) is 5.32. The summed E-state index contributed by atoms with van der Waals surface area (Å²) in [7, 11) is 0. The van der Waals surface area contributed by atoms with E-state index in [1.54, 1.807) is 6.92 Å². The number of hydrogen-bond acceptors (Lipinski definition) is 3. The summed E-state index contributed by atoms with van der Waals surface area (Å²) in [5.41, 5.74) is 0.415. The standard InChI is InChI=1S/C12H15FO4/c1-3-10(12(15)16)17-11-5-4-8(7(2)14)6-9(11)13/h4-7,10,14H,3H2,1-2H3,(H,15,16)/t7-,10?/m1/s1. The average molecular weight is 242 g/mol. The first-order chi connectivity index (χ1) is 7.95. The van der Waals surface area contributed by atoms with E-state index in [4.69, 9.17) is 9.84 Å². The normalized spacial score (nSPS) is 14.1. The maximum atomic E-state index is 13.5. The number of aliphatic hydroxyl groups is 1. The lowest BCUT2D eigenvalue weighted by atomic mass is 10.1. The fourth-order valence-corrected chi connectivity index (χ4v) is 1.33. The smallest absolute Gasteiger partial charge is 0.344 e. The third-order valence-corrected chi connectivity index (χ3v) is 2.35. The summed E-state index contributed by atoms with van der Waals surface area (Å²) in [6, 6.07) is 3.95. The third-order valence-electron chi connectivity index (χ3n) is 2.35. The molecule has 0 bridgehead atoms. The van der Waals surface area contributed by atoms with Gasteiger partial charge in [-0.25, -0.2) is 9.18 Å². The van der Waals surface area contributed by atoms with Crippen LogP contribution in [0.1, 0.15) is 31.9 Å². The molecule has 0 aliphatic heterocycles. The van der Waals surface area contributed by atoms with Crippen LogP contribution < -0.4 is 4.74 Å². The van der Waals surface area contributed by atoms with Crippen molar-refractivity contribution in [3.8, 4) is 5.75 Å². The summed E-state index contributed by atoms with van der Waals surface area (Å²) in [5.74, 6) is -1.93. The highest BCUT2D eigenvalue weighted by Gasteiger charge is 2.19. The molecular weight excluding hydrogens is 227 g/mol.